The molecule has 0 spiro atoms. The van der Waals surface area contributed by atoms with Crippen LogP contribution in [0.1, 0.15) is 12.0 Å². The average Bonchev–Trinajstić information content (AvgIpc) is 2.03. The molecule has 70 valence electrons. The van der Waals surface area contributed by atoms with Gasteiger partial charge in [0.1, 0.15) is 5.82 Å². The molecule has 0 radical (unpaired) electrons. The van der Waals surface area contributed by atoms with Gasteiger partial charge < -0.3 is 15.8 Å². The van der Waals surface area contributed by atoms with Gasteiger partial charge in [0, 0.05) is 6.42 Å². The highest BCUT2D eigenvalue weighted by Crippen LogP contribution is 2.03. The quantitative estimate of drug-likeness (QED) is 0.578. The van der Waals surface area contributed by atoms with Gasteiger partial charge in [0.25, 0.3) is 5.56 Å². The van der Waals surface area contributed by atoms with E-state index in [0.717, 1.165) is 0 Å². The third kappa shape index (κ3) is 2.29. The van der Waals surface area contributed by atoms with Crippen LogP contribution in [0.2, 0.25) is 0 Å². The minimum Gasteiger partial charge on any atom is -0.481 e. The van der Waals surface area contributed by atoms with E-state index < -0.39 is 5.97 Å². The monoisotopic (exact) mass is 183 g/mol. The highest BCUT2D eigenvalue weighted by molar-refractivity contribution is 5.67. The molecule has 0 atom stereocenters. The Morgan fingerprint density at radius 3 is 2.92 bits per heavy atom. The van der Waals surface area contributed by atoms with E-state index in [4.69, 9.17) is 10.8 Å². The number of aliphatic carboxylic acids is 1. The van der Waals surface area contributed by atoms with Crippen molar-refractivity contribution in [1.29, 1.82) is 0 Å². The maximum atomic E-state index is 11.1. The molecule has 0 amide bonds. The first kappa shape index (κ1) is 9.24. The standard InChI is InChI=1S/C7H9N3O3/c8-6-4(1-2-5(11)12)7(13)10-3-9-6/h3H,1-2H2,(H,11,12)(H3,8,9,10,13). The summed E-state index contributed by atoms with van der Waals surface area (Å²) in [5.74, 6) is -0.882. The van der Waals surface area contributed by atoms with E-state index in [0.29, 0.717) is 0 Å². The first-order valence-corrected chi connectivity index (χ1v) is 3.65. The Bertz CT molecular complexity index is 371. The zero-order valence-corrected chi connectivity index (χ0v) is 6.78. The van der Waals surface area contributed by atoms with Gasteiger partial charge in [0.2, 0.25) is 0 Å². The second-order valence-electron chi connectivity index (χ2n) is 2.49. The predicted molar refractivity (Wildman–Crippen MR) is 45.2 cm³/mol. The fourth-order valence-electron chi connectivity index (χ4n) is 0.915. The van der Waals surface area contributed by atoms with Gasteiger partial charge >= 0.3 is 5.97 Å². The summed E-state index contributed by atoms with van der Waals surface area (Å²) in [5, 5.41) is 8.38. The number of hydrogen-bond acceptors (Lipinski definition) is 4. The second-order valence-corrected chi connectivity index (χ2v) is 2.49. The van der Waals surface area contributed by atoms with Crippen LogP contribution in [-0.4, -0.2) is 21.0 Å². The van der Waals surface area contributed by atoms with Gasteiger partial charge in [-0.1, -0.05) is 0 Å². The van der Waals surface area contributed by atoms with Crippen molar-refractivity contribution < 1.29 is 9.90 Å². The normalized spacial score (nSPS) is 9.85. The average molecular weight is 183 g/mol. The first-order valence-electron chi connectivity index (χ1n) is 3.65. The molecule has 0 aliphatic carbocycles. The van der Waals surface area contributed by atoms with Crippen molar-refractivity contribution in [2.75, 3.05) is 5.73 Å². The van der Waals surface area contributed by atoms with E-state index in [9.17, 15) is 9.59 Å². The minimum absolute atomic E-state index is 0.0880. The Morgan fingerprint density at radius 2 is 2.38 bits per heavy atom. The highest BCUT2D eigenvalue weighted by Gasteiger charge is 2.07. The molecular weight excluding hydrogens is 174 g/mol. The first-order chi connectivity index (χ1) is 6.11. The fourth-order valence-corrected chi connectivity index (χ4v) is 0.915. The molecule has 1 heterocycles. The Kier molecular flexibility index (Phi) is 2.63. The predicted octanol–water partition coefficient (Wildman–Crippen LogP) is -0.631. The van der Waals surface area contributed by atoms with Gasteiger partial charge in [0.05, 0.1) is 11.9 Å². The molecule has 0 saturated heterocycles. The summed E-state index contributed by atoms with van der Waals surface area (Å²) in [6, 6.07) is 0. The highest BCUT2D eigenvalue weighted by atomic mass is 16.4. The Morgan fingerprint density at radius 1 is 1.69 bits per heavy atom. The van der Waals surface area contributed by atoms with Crippen molar-refractivity contribution in [2.45, 2.75) is 12.8 Å². The number of hydrogen-bond donors (Lipinski definition) is 3. The minimum atomic E-state index is -0.970. The number of anilines is 1. The fraction of sp³-hybridized carbons (Fsp3) is 0.286. The number of nitrogen functional groups attached to an aromatic ring is 1. The molecule has 1 aromatic rings. The molecule has 4 N–H and O–H groups in total. The van der Waals surface area contributed by atoms with Crippen LogP contribution in [0.5, 0.6) is 0 Å². The van der Waals surface area contributed by atoms with Crippen LogP contribution in [0.25, 0.3) is 0 Å². The van der Waals surface area contributed by atoms with Crippen molar-refractivity contribution in [1.82, 2.24) is 9.97 Å². The van der Waals surface area contributed by atoms with Crippen LogP contribution in [0.4, 0.5) is 5.82 Å². The van der Waals surface area contributed by atoms with Crippen molar-refractivity contribution in [3.63, 3.8) is 0 Å². The van der Waals surface area contributed by atoms with E-state index in [-0.39, 0.29) is 29.8 Å². The summed E-state index contributed by atoms with van der Waals surface area (Å²) in [6.45, 7) is 0. The number of nitrogens with one attached hydrogen (secondary N) is 1. The van der Waals surface area contributed by atoms with Gasteiger partial charge in [-0.3, -0.25) is 9.59 Å². The van der Waals surface area contributed by atoms with Crippen molar-refractivity contribution in [3.05, 3.63) is 22.2 Å². The lowest BCUT2D eigenvalue weighted by molar-refractivity contribution is -0.136. The van der Waals surface area contributed by atoms with Crippen LogP contribution >= 0.6 is 0 Å². The van der Waals surface area contributed by atoms with E-state index in [2.05, 4.69) is 9.97 Å². The lowest BCUT2D eigenvalue weighted by Crippen LogP contribution is -2.17. The number of aromatic amines is 1. The Balaban J connectivity index is 2.87. The van der Waals surface area contributed by atoms with Crippen LogP contribution in [-0.2, 0) is 11.2 Å². The molecule has 0 aliphatic rings. The van der Waals surface area contributed by atoms with E-state index >= 15 is 0 Å². The number of nitrogens with zero attached hydrogens (tertiary/aromatic N) is 1. The van der Waals surface area contributed by atoms with E-state index in [1.165, 1.54) is 6.33 Å². The number of aromatic nitrogens is 2. The van der Waals surface area contributed by atoms with Gasteiger partial charge in [-0.25, -0.2) is 4.98 Å². The third-order valence-corrected chi connectivity index (χ3v) is 1.57. The van der Waals surface area contributed by atoms with E-state index in [1.807, 2.05) is 0 Å². The van der Waals surface area contributed by atoms with Crippen molar-refractivity contribution >= 4 is 11.8 Å². The number of H-pyrrole nitrogens is 1. The van der Waals surface area contributed by atoms with Crippen LogP contribution in [0.3, 0.4) is 0 Å². The van der Waals surface area contributed by atoms with Crippen LogP contribution < -0.4 is 11.3 Å². The lowest BCUT2D eigenvalue weighted by atomic mass is 10.2. The molecule has 6 nitrogen and oxygen atoms in total. The molecule has 0 saturated carbocycles. The number of carboxylic acid groups (broad SMARTS) is 1. The van der Waals surface area contributed by atoms with Crippen molar-refractivity contribution in [3.8, 4) is 0 Å². The maximum absolute atomic E-state index is 11.1. The van der Waals surface area contributed by atoms with E-state index in [1.54, 1.807) is 0 Å². The van der Waals surface area contributed by atoms with Crippen LogP contribution in [0.15, 0.2) is 11.1 Å². The molecule has 0 unspecified atom stereocenters. The summed E-state index contributed by atoms with van der Waals surface area (Å²) < 4.78 is 0. The number of carbonyl (C=O) groups is 1. The summed E-state index contributed by atoms with van der Waals surface area (Å²) in [6.07, 6.45) is 1.16. The molecule has 0 aromatic carbocycles. The summed E-state index contributed by atoms with van der Waals surface area (Å²) in [5.41, 5.74) is 5.23. The van der Waals surface area contributed by atoms with Gasteiger partial charge in [0.15, 0.2) is 0 Å². The second kappa shape index (κ2) is 3.70. The molecule has 0 bridgehead atoms. The molecule has 1 rings (SSSR count). The van der Waals surface area contributed by atoms with Crippen LogP contribution in [0, 0.1) is 0 Å². The van der Waals surface area contributed by atoms with Crippen molar-refractivity contribution in [2.24, 2.45) is 0 Å². The maximum Gasteiger partial charge on any atom is 0.303 e. The molecule has 0 fully saturated rings. The molecule has 1 aromatic heterocycles. The molecule has 0 aliphatic heterocycles. The van der Waals surface area contributed by atoms with Gasteiger partial charge in [-0.15, -0.1) is 0 Å². The van der Waals surface area contributed by atoms with Gasteiger partial charge in [-0.2, -0.15) is 0 Å². The number of carboxylic acids is 1. The smallest absolute Gasteiger partial charge is 0.303 e. The Labute approximate surface area is 73.4 Å². The lowest BCUT2D eigenvalue weighted by Gasteiger charge is -1.99. The number of nitrogens with two attached hydrogens (primary N) is 1. The SMILES string of the molecule is Nc1nc[nH]c(=O)c1CCC(=O)O. The largest absolute Gasteiger partial charge is 0.481 e. The third-order valence-electron chi connectivity index (χ3n) is 1.57. The zero-order valence-electron chi connectivity index (χ0n) is 6.78. The summed E-state index contributed by atoms with van der Waals surface area (Å²) in [7, 11) is 0. The summed E-state index contributed by atoms with van der Waals surface area (Å²) in [4.78, 5) is 27.3. The number of rotatable bonds is 3. The molecule has 13 heavy (non-hydrogen) atoms. The Hall–Kier alpha value is -1.85. The zero-order chi connectivity index (χ0) is 9.84. The van der Waals surface area contributed by atoms with Gasteiger partial charge in [-0.05, 0) is 6.42 Å². The topological polar surface area (TPSA) is 109 Å². The molecule has 6 heteroatoms. The molecular formula is C7H9N3O3. The summed E-state index contributed by atoms with van der Waals surface area (Å²) >= 11 is 0.